The van der Waals surface area contributed by atoms with E-state index in [1.54, 1.807) is 29.7 Å². The van der Waals surface area contributed by atoms with E-state index in [0.717, 1.165) is 22.5 Å². The number of carbonyl (C=O) groups excluding carboxylic acids is 1. The van der Waals surface area contributed by atoms with Gasteiger partial charge in [0.1, 0.15) is 12.2 Å². The van der Waals surface area contributed by atoms with Gasteiger partial charge in [0.2, 0.25) is 0 Å². The molecular weight excluding hydrogens is 369 g/mol. The van der Waals surface area contributed by atoms with Crippen LogP contribution in [0, 0.1) is 6.92 Å². The van der Waals surface area contributed by atoms with Crippen molar-refractivity contribution in [1.82, 2.24) is 14.7 Å². The van der Waals surface area contributed by atoms with Crippen molar-refractivity contribution < 1.29 is 18.0 Å². The van der Waals surface area contributed by atoms with Crippen LogP contribution in [0.5, 0.6) is 0 Å². The predicted molar refractivity (Wildman–Crippen MR) is 95.7 cm³/mol. The lowest BCUT2D eigenvalue weighted by molar-refractivity contribution is -0.122. The summed E-state index contributed by atoms with van der Waals surface area (Å²) in [6.07, 6.45) is -0.853. The fraction of sp³-hybridized carbons (Fsp3) is 0.176. The maximum Gasteiger partial charge on any atom is 0.405 e. The Morgan fingerprint density at radius 2 is 2.00 bits per heavy atom. The smallest absolute Gasteiger partial charge is 0.329 e. The van der Waals surface area contributed by atoms with E-state index in [2.05, 4.69) is 10.3 Å². The summed E-state index contributed by atoms with van der Waals surface area (Å²) in [5.41, 5.74) is 3.86. The molecule has 0 saturated carbocycles. The monoisotopic (exact) mass is 384 g/mol. The van der Waals surface area contributed by atoms with Crippen LogP contribution in [0.1, 0.15) is 5.56 Å². The van der Waals surface area contributed by atoms with Crippen molar-refractivity contribution in [3.8, 4) is 11.3 Å². The second-order valence-corrected chi connectivity index (χ2v) is 5.58. The van der Waals surface area contributed by atoms with Crippen LogP contribution in [0.25, 0.3) is 16.9 Å². The highest BCUT2D eigenvalue weighted by molar-refractivity contribution is 5.90. The first-order chi connectivity index (χ1) is 11.8. The standard InChI is InChI=1S/C17H15F3N4O.ClH/c1-11-5-6-24-14(9-21-15(24)7-11)12-3-2-4-13(8-12)23-16(25)22-10-17(18,19)20;/h2-9H,10H2,1H3,(H2,22,23,25);1H. The van der Waals surface area contributed by atoms with Crippen LogP contribution in [-0.2, 0) is 0 Å². The van der Waals surface area contributed by atoms with Gasteiger partial charge in [0.05, 0.1) is 11.9 Å². The molecule has 0 atom stereocenters. The molecule has 2 N–H and O–H groups in total. The van der Waals surface area contributed by atoms with Crippen LogP contribution < -0.4 is 10.6 Å². The number of benzene rings is 1. The molecule has 0 bridgehead atoms. The van der Waals surface area contributed by atoms with E-state index in [1.165, 1.54) is 0 Å². The van der Waals surface area contributed by atoms with E-state index >= 15 is 0 Å². The van der Waals surface area contributed by atoms with E-state index in [-0.39, 0.29) is 12.4 Å². The van der Waals surface area contributed by atoms with Gasteiger partial charge in [0.25, 0.3) is 0 Å². The van der Waals surface area contributed by atoms with Gasteiger partial charge < -0.3 is 10.6 Å². The minimum absolute atomic E-state index is 0. The summed E-state index contributed by atoms with van der Waals surface area (Å²) in [5.74, 6) is 0. The first-order valence-corrected chi connectivity index (χ1v) is 7.47. The molecule has 1 aromatic carbocycles. The summed E-state index contributed by atoms with van der Waals surface area (Å²) in [6, 6.07) is 9.80. The predicted octanol–water partition coefficient (Wildman–Crippen LogP) is 4.42. The fourth-order valence-corrected chi connectivity index (χ4v) is 2.41. The quantitative estimate of drug-likeness (QED) is 0.702. The van der Waals surface area contributed by atoms with Crippen molar-refractivity contribution in [2.24, 2.45) is 0 Å². The second kappa shape index (κ2) is 7.65. The highest BCUT2D eigenvalue weighted by atomic mass is 35.5. The average Bonchev–Trinajstić information content (AvgIpc) is 2.95. The number of nitrogens with zero attached hydrogens (tertiary/aromatic N) is 2. The highest BCUT2D eigenvalue weighted by Gasteiger charge is 2.27. The van der Waals surface area contributed by atoms with E-state index in [9.17, 15) is 18.0 Å². The van der Waals surface area contributed by atoms with Crippen LogP contribution in [0.15, 0.2) is 48.8 Å². The lowest BCUT2D eigenvalue weighted by atomic mass is 10.1. The molecule has 2 aromatic heterocycles. The first kappa shape index (κ1) is 19.6. The number of nitrogens with one attached hydrogen (secondary N) is 2. The second-order valence-electron chi connectivity index (χ2n) is 5.58. The Labute approximate surface area is 153 Å². The number of urea groups is 1. The van der Waals surface area contributed by atoms with Gasteiger partial charge >= 0.3 is 12.2 Å². The summed E-state index contributed by atoms with van der Waals surface area (Å²) in [6.45, 7) is 0.587. The fourth-order valence-electron chi connectivity index (χ4n) is 2.41. The number of fused-ring (bicyclic) bond motifs is 1. The van der Waals surface area contributed by atoms with E-state index < -0.39 is 18.8 Å². The summed E-state index contributed by atoms with van der Waals surface area (Å²) in [5, 5.41) is 4.16. The maximum absolute atomic E-state index is 12.1. The first-order valence-electron chi connectivity index (χ1n) is 7.47. The van der Waals surface area contributed by atoms with E-state index in [1.807, 2.05) is 35.7 Å². The van der Waals surface area contributed by atoms with Crippen LogP contribution in [0.4, 0.5) is 23.7 Å². The van der Waals surface area contributed by atoms with Gasteiger partial charge in [-0.15, -0.1) is 12.4 Å². The highest BCUT2D eigenvalue weighted by Crippen LogP contribution is 2.24. The normalized spacial score (nSPS) is 11.1. The molecule has 0 unspecified atom stereocenters. The zero-order chi connectivity index (χ0) is 18.0. The Balaban J connectivity index is 0.00000243. The minimum Gasteiger partial charge on any atom is -0.329 e. The van der Waals surface area contributed by atoms with Gasteiger partial charge in [-0.2, -0.15) is 13.2 Å². The molecule has 3 aromatic rings. The molecule has 2 amide bonds. The van der Waals surface area contributed by atoms with Crippen molar-refractivity contribution in [2.75, 3.05) is 11.9 Å². The Bertz CT molecular complexity index is 924. The summed E-state index contributed by atoms with van der Waals surface area (Å²) in [4.78, 5) is 15.9. The molecule has 138 valence electrons. The molecule has 9 heteroatoms. The largest absolute Gasteiger partial charge is 0.405 e. The zero-order valence-electron chi connectivity index (χ0n) is 13.7. The van der Waals surface area contributed by atoms with Crippen molar-refractivity contribution in [3.63, 3.8) is 0 Å². The molecule has 0 aliphatic rings. The van der Waals surface area contributed by atoms with Gasteiger partial charge in [-0.25, -0.2) is 9.78 Å². The van der Waals surface area contributed by atoms with Crippen LogP contribution in [0.2, 0.25) is 0 Å². The number of amides is 2. The van der Waals surface area contributed by atoms with Gasteiger partial charge in [-0.3, -0.25) is 4.40 Å². The van der Waals surface area contributed by atoms with Crippen LogP contribution in [0.3, 0.4) is 0 Å². The summed E-state index contributed by atoms with van der Waals surface area (Å²) in [7, 11) is 0. The number of anilines is 1. The van der Waals surface area contributed by atoms with Gasteiger partial charge in [-0.05, 0) is 36.8 Å². The van der Waals surface area contributed by atoms with Gasteiger partial charge in [0, 0.05) is 17.4 Å². The minimum atomic E-state index is -4.45. The SMILES string of the molecule is Cc1ccn2c(-c3cccc(NC(=O)NCC(F)(F)F)c3)cnc2c1.Cl. The van der Waals surface area contributed by atoms with E-state index in [4.69, 9.17) is 0 Å². The Kier molecular flexibility index (Phi) is 5.76. The summed E-state index contributed by atoms with van der Waals surface area (Å²) < 4.78 is 38.3. The van der Waals surface area contributed by atoms with Crippen molar-refractivity contribution in [2.45, 2.75) is 13.1 Å². The molecule has 0 radical (unpaired) electrons. The Morgan fingerprint density at radius 1 is 1.23 bits per heavy atom. The maximum atomic E-state index is 12.1. The molecule has 3 rings (SSSR count). The molecule has 0 aliphatic heterocycles. The summed E-state index contributed by atoms with van der Waals surface area (Å²) >= 11 is 0. The number of aromatic nitrogens is 2. The number of pyridine rings is 1. The molecule has 0 saturated heterocycles. The molecule has 0 fully saturated rings. The average molecular weight is 385 g/mol. The zero-order valence-corrected chi connectivity index (χ0v) is 14.5. The number of hydrogen-bond donors (Lipinski definition) is 2. The topological polar surface area (TPSA) is 58.4 Å². The van der Waals surface area contributed by atoms with Crippen molar-refractivity contribution in [1.29, 1.82) is 0 Å². The lowest BCUT2D eigenvalue weighted by Crippen LogP contribution is -2.36. The van der Waals surface area contributed by atoms with Crippen LogP contribution >= 0.6 is 12.4 Å². The number of halogens is 4. The number of rotatable bonds is 3. The number of imidazole rings is 1. The third-order valence-electron chi connectivity index (χ3n) is 3.53. The van der Waals surface area contributed by atoms with E-state index in [0.29, 0.717) is 5.69 Å². The Morgan fingerprint density at radius 3 is 2.73 bits per heavy atom. The Hall–Kier alpha value is -2.74. The lowest BCUT2D eigenvalue weighted by Gasteiger charge is -2.10. The molecular formula is C17H16ClF3N4O. The third kappa shape index (κ3) is 4.66. The molecule has 26 heavy (non-hydrogen) atoms. The van der Waals surface area contributed by atoms with Gasteiger partial charge in [0.15, 0.2) is 0 Å². The molecule has 2 heterocycles. The molecule has 5 nitrogen and oxygen atoms in total. The van der Waals surface area contributed by atoms with Crippen molar-refractivity contribution >= 4 is 29.8 Å². The van der Waals surface area contributed by atoms with Crippen LogP contribution in [-0.4, -0.2) is 28.1 Å². The number of carbonyl (C=O) groups is 1. The molecule has 0 aliphatic carbocycles. The van der Waals surface area contributed by atoms with Gasteiger partial charge in [-0.1, -0.05) is 12.1 Å². The molecule has 0 spiro atoms. The number of hydrogen-bond acceptors (Lipinski definition) is 2. The van der Waals surface area contributed by atoms with Crippen molar-refractivity contribution in [3.05, 3.63) is 54.4 Å². The number of alkyl halides is 3. The number of aryl methyl sites for hydroxylation is 1. The third-order valence-corrected chi connectivity index (χ3v) is 3.53.